The summed E-state index contributed by atoms with van der Waals surface area (Å²) in [6.45, 7) is 26.4. The van der Waals surface area contributed by atoms with Crippen LogP contribution < -0.4 is 0 Å². The number of hydrogen-bond donors (Lipinski definition) is 0. The van der Waals surface area contributed by atoms with Crippen LogP contribution in [0.4, 0.5) is 0 Å². The SMILES string of the molecule is C.C.C.C.C.C/C=C(/C)C(C)CC.CC/C(C)=C(/C)CC.CC=C(C)C(C)CC. The smallest absolute Gasteiger partial charge is 0.0237 e. The summed E-state index contributed by atoms with van der Waals surface area (Å²) in [6.07, 6.45) is 9.31. The summed E-state index contributed by atoms with van der Waals surface area (Å²) in [5.74, 6) is 1.56. The largest absolute Gasteiger partial charge is 0.0885 e. The van der Waals surface area contributed by atoms with Crippen molar-refractivity contribution < 1.29 is 0 Å². The molecule has 0 radical (unpaired) electrons. The molecule has 0 spiro atoms. The van der Waals surface area contributed by atoms with E-state index in [1.807, 2.05) is 0 Å². The molecule has 0 heteroatoms. The van der Waals surface area contributed by atoms with Gasteiger partial charge in [-0.3, -0.25) is 0 Å². The first-order valence-electron chi connectivity index (χ1n) is 10.1. The molecule has 2 atom stereocenters. The summed E-state index contributed by atoms with van der Waals surface area (Å²) in [5.41, 5.74) is 6.11. The Labute approximate surface area is 192 Å². The Bertz CT molecular complexity index is 329. The molecule has 0 saturated heterocycles. The normalized spacial score (nSPS) is 12.7. The molecule has 0 bridgehead atoms. The van der Waals surface area contributed by atoms with Crippen molar-refractivity contribution in [3.05, 3.63) is 34.4 Å². The zero-order valence-corrected chi connectivity index (χ0v) is 19.1. The lowest BCUT2D eigenvalue weighted by atomic mass is 10.0. The van der Waals surface area contributed by atoms with Crippen LogP contribution in [0.25, 0.3) is 0 Å². The fourth-order valence-corrected chi connectivity index (χ4v) is 1.82. The van der Waals surface area contributed by atoms with Crippen molar-refractivity contribution in [2.75, 3.05) is 0 Å². The fraction of sp³-hybridized carbons (Fsp3) is 0.793. The molecular formula is C29H68. The Hall–Kier alpha value is -0.780. The van der Waals surface area contributed by atoms with Crippen LogP contribution in [0.3, 0.4) is 0 Å². The van der Waals surface area contributed by atoms with Crippen molar-refractivity contribution in [2.45, 2.75) is 146 Å². The molecule has 0 rings (SSSR count). The molecule has 0 nitrogen and oxygen atoms in total. The van der Waals surface area contributed by atoms with Crippen molar-refractivity contribution in [2.24, 2.45) is 11.8 Å². The summed E-state index contributed by atoms with van der Waals surface area (Å²) < 4.78 is 0. The molecule has 0 saturated carbocycles. The zero-order valence-electron chi connectivity index (χ0n) is 19.1. The highest BCUT2D eigenvalue weighted by Gasteiger charge is 1.97. The van der Waals surface area contributed by atoms with Gasteiger partial charge in [0.05, 0.1) is 0 Å². The average Bonchev–Trinajstić information content (AvgIpc) is 2.64. The van der Waals surface area contributed by atoms with Crippen LogP contribution in [-0.4, -0.2) is 0 Å². The quantitative estimate of drug-likeness (QED) is 0.377. The van der Waals surface area contributed by atoms with Crippen molar-refractivity contribution in [1.29, 1.82) is 0 Å². The van der Waals surface area contributed by atoms with E-state index in [4.69, 9.17) is 0 Å². The van der Waals surface area contributed by atoms with Gasteiger partial charge < -0.3 is 0 Å². The van der Waals surface area contributed by atoms with Gasteiger partial charge in [-0.2, -0.15) is 0 Å². The van der Waals surface area contributed by atoms with Gasteiger partial charge in [0.1, 0.15) is 0 Å². The van der Waals surface area contributed by atoms with E-state index in [1.165, 1.54) is 36.8 Å². The molecule has 0 aliphatic carbocycles. The summed E-state index contributed by atoms with van der Waals surface area (Å²) in [7, 11) is 0. The Kier molecular flexibility index (Phi) is 61.2. The topological polar surface area (TPSA) is 0 Å². The van der Waals surface area contributed by atoms with Crippen LogP contribution in [0.15, 0.2) is 34.4 Å². The lowest BCUT2D eigenvalue weighted by molar-refractivity contribution is 0.654. The van der Waals surface area contributed by atoms with Crippen molar-refractivity contribution in [3.63, 3.8) is 0 Å². The molecule has 29 heavy (non-hydrogen) atoms. The summed E-state index contributed by atoms with van der Waals surface area (Å²) >= 11 is 0. The number of allylic oxidation sites excluding steroid dienone is 6. The van der Waals surface area contributed by atoms with Crippen molar-refractivity contribution >= 4 is 0 Å². The molecule has 0 fully saturated rings. The maximum Gasteiger partial charge on any atom is -0.0237 e. The first-order valence-corrected chi connectivity index (χ1v) is 10.1. The Morgan fingerprint density at radius 2 is 0.759 bits per heavy atom. The zero-order chi connectivity index (χ0) is 19.7. The van der Waals surface area contributed by atoms with E-state index in [0.29, 0.717) is 0 Å². The molecule has 0 aromatic carbocycles. The van der Waals surface area contributed by atoms with E-state index in [0.717, 1.165) is 11.8 Å². The average molecular weight is 417 g/mol. The van der Waals surface area contributed by atoms with E-state index in [2.05, 4.69) is 95.2 Å². The Morgan fingerprint density at radius 1 is 0.552 bits per heavy atom. The minimum Gasteiger partial charge on any atom is -0.0885 e. The van der Waals surface area contributed by atoms with Crippen LogP contribution in [0.5, 0.6) is 0 Å². The molecule has 2 unspecified atom stereocenters. The van der Waals surface area contributed by atoms with Crippen molar-refractivity contribution in [3.8, 4) is 0 Å². The van der Waals surface area contributed by atoms with Crippen LogP contribution in [0, 0.1) is 11.8 Å². The molecule has 0 aliphatic heterocycles. The summed E-state index contributed by atoms with van der Waals surface area (Å²) in [4.78, 5) is 0. The summed E-state index contributed by atoms with van der Waals surface area (Å²) in [5, 5.41) is 0. The third-order valence-electron chi connectivity index (χ3n) is 5.48. The first kappa shape index (κ1) is 51.1. The minimum absolute atomic E-state index is 0. The second-order valence-electron chi connectivity index (χ2n) is 6.95. The third kappa shape index (κ3) is 32.1. The lowest BCUT2D eigenvalue weighted by Gasteiger charge is -2.06. The molecule has 184 valence electrons. The van der Waals surface area contributed by atoms with Gasteiger partial charge in [-0.05, 0) is 79.1 Å². The molecule has 0 aromatic rings. The van der Waals surface area contributed by atoms with E-state index in [9.17, 15) is 0 Å². The van der Waals surface area contributed by atoms with Gasteiger partial charge in [-0.15, -0.1) is 0 Å². The first-order chi connectivity index (χ1) is 11.2. The van der Waals surface area contributed by atoms with Gasteiger partial charge in [0, 0.05) is 0 Å². The highest BCUT2D eigenvalue weighted by Crippen LogP contribution is 2.12. The van der Waals surface area contributed by atoms with E-state index in [-0.39, 0.29) is 37.1 Å². The molecule has 0 aromatic heterocycles. The van der Waals surface area contributed by atoms with Gasteiger partial charge >= 0.3 is 0 Å². The second kappa shape index (κ2) is 34.7. The monoisotopic (exact) mass is 417 g/mol. The standard InChI is InChI=1S/3C8H16.5CH4/c3*1-5-7(3)8(4)6-2;;;;;/h5-6H2,1-4H3;2*5,8H,6H2,1-4H3;5*1H4/b8-7-;7-5-;;;;;;. The van der Waals surface area contributed by atoms with Gasteiger partial charge in [-0.1, -0.05) is 113 Å². The molecule has 0 aliphatic rings. The maximum atomic E-state index is 2.26. The molecule has 0 amide bonds. The van der Waals surface area contributed by atoms with Gasteiger partial charge in [-0.25, -0.2) is 0 Å². The lowest BCUT2D eigenvalue weighted by Crippen LogP contribution is -1.91. The summed E-state index contributed by atoms with van der Waals surface area (Å²) in [6, 6.07) is 0. The number of hydrogen-bond acceptors (Lipinski definition) is 0. The molecular weight excluding hydrogens is 348 g/mol. The highest BCUT2D eigenvalue weighted by atomic mass is 14.0. The number of rotatable bonds is 6. The highest BCUT2D eigenvalue weighted by molar-refractivity contribution is 5.07. The Morgan fingerprint density at radius 3 is 0.828 bits per heavy atom. The van der Waals surface area contributed by atoms with E-state index >= 15 is 0 Å². The molecule has 0 N–H and O–H groups in total. The predicted octanol–water partition coefficient (Wildman–Crippen LogP) is 12.3. The fourth-order valence-electron chi connectivity index (χ4n) is 1.82. The maximum absolute atomic E-state index is 2.26. The predicted molar refractivity (Wildman–Crippen MR) is 150 cm³/mol. The van der Waals surface area contributed by atoms with Crippen LogP contribution in [0.1, 0.15) is 146 Å². The van der Waals surface area contributed by atoms with E-state index in [1.54, 1.807) is 11.1 Å². The molecule has 0 heterocycles. The second-order valence-corrected chi connectivity index (χ2v) is 6.95. The van der Waals surface area contributed by atoms with E-state index < -0.39 is 0 Å². The van der Waals surface area contributed by atoms with Gasteiger partial charge in [0.25, 0.3) is 0 Å². The Balaban J connectivity index is -0.0000000350. The van der Waals surface area contributed by atoms with Gasteiger partial charge in [0.2, 0.25) is 0 Å². The van der Waals surface area contributed by atoms with Crippen LogP contribution in [-0.2, 0) is 0 Å². The van der Waals surface area contributed by atoms with Gasteiger partial charge in [0.15, 0.2) is 0 Å². The minimum atomic E-state index is 0. The van der Waals surface area contributed by atoms with Crippen LogP contribution in [0.2, 0.25) is 0 Å². The van der Waals surface area contributed by atoms with Crippen molar-refractivity contribution in [1.82, 2.24) is 0 Å². The van der Waals surface area contributed by atoms with Crippen LogP contribution >= 0.6 is 0 Å². The third-order valence-corrected chi connectivity index (χ3v) is 5.48.